The van der Waals surface area contributed by atoms with Gasteiger partial charge in [0.05, 0.1) is 11.7 Å². The molecule has 0 N–H and O–H groups in total. The van der Waals surface area contributed by atoms with E-state index < -0.39 is 5.41 Å². The third kappa shape index (κ3) is 4.64. The second-order valence-corrected chi connectivity index (χ2v) is 9.28. The number of piperidine rings is 1. The molecule has 2 fully saturated rings. The Morgan fingerprint density at radius 2 is 2.00 bits per heavy atom. The zero-order valence-electron chi connectivity index (χ0n) is 18.6. The molecule has 2 aliphatic rings. The number of benzene rings is 1. The highest BCUT2D eigenvalue weighted by atomic mass is 35.5. The molecule has 2 aromatic rings. The van der Waals surface area contributed by atoms with Crippen LogP contribution in [-0.2, 0) is 14.3 Å². The van der Waals surface area contributed by atoms with Crippen molar-refractivity contribution < 1.29 is 14.3 Å². The SMILES string of the molecule is COCC(=O)N1CCC(C)(C(=O)N2CCCC2c2ccnc(-c3cccc(Cl)c3)n2)CC1. The summed E-state index contributed by atoms with van der Waals surface area (Å²) < 4.78 is 4.96. The smallest absolute Gasteiger partial charge is 0.248 e. The van der Waals surface area contributed by atoms with Gasteiger partial charge in [-0.05, 0) is 43.9 Å². The van der Waals surface area contributed by atoms with Gasteiger partial charge in [-0.15, -0.1) is 0 Å². The number of amides is 2. The van der Waals surface area contributed by atoms with Crippen molar-refractivity contribution in [1.29, 1.82) is 0 Å². The average molecular weight is 457 g/mol. The molecule has 170 valence electrons. The van der Waals surface area contributed by atoms with Gasteiger partial charge in [0.2, 0.25) is 11.8 Å². The molecule has 7 nitrogen and oxygen atoms in total. The first kappa shape index (κ1) is 22.7. The van der Waals surface area contributed by atoms with Crippen LogP contribution in [0.3, 0.4) is 0 Å². The van der Waals surface area contributed by atoms with Crippen molar-refractivity contribution in [2.45, 2.75) is 38.6 Å². The van der Waals surface area contributed by atoms with E-state index in [4.69, 9.17) is 21.3 Å². The van der Waals surface area contributed by atoms with Crippen molar-refractivity contribution in [3.05, 3.63) is 47.2 Å². The Balaban J connectivity index is 1.50. The quantitative estimate of drug-likeness (QED) is 0.685. The van der Waals surface area contributed by atoms with Crippen molar-refractivity contribution in [1.82, 2.24) is 19.8 Å². The Hall–Kier alpha value is -2.51. The maximum Gasteiger partial charge on any atom is 0.248 e. The van der Waals surface area contributed by atoms with E-state index in [0.29, 0.717) is 36.8 Å². The summed E-state index contributed by atoms with van der Waals surface area (Å²) in [4.78, 5) is 38.8. The van der Waals surface area contributed by atoms with Crippen LogP contribution in [0, 0.1) is 5.41 Å². The molecule has 0 spiro atoms. The fourth-order valence-corrected chi connectivity index (χ4v) is 4.86. The van der Waals surface area contributed by atoms with Gasteiger partial charge in [-0.25, -0.2) is 9.97 Å². The molecule has 4 rings (SSSR count). The first-order valence-electron chi connectivity index (χ1n) is 11.1. The summed E-state index contributed by atoms with van der Waals surface area (Å²) in [5.74, 6) is 0.748. The first-order valence-corrected chi connectivity index (χ1v) is 11.5. The van der Waals surface area contributed by atoms with Gasteiger partial charge >= 0.3 is 0 Å². The lowest BCUT2D eigenvalue weighted by molar-refractivity contribution is -0.149. The molecular weight excluding hydrogens is 428 g/mol. The molecule has 0 aliphatic carbocycles. The average Bonchev–Trinajstić information content (AvgIpc) is 3.29. The third-order valence-corrected chi connectivity index (χ3v) is 6.85. The van der Waals surface area contributed by atoms with Crippen LogP contribution >= 0.6 is 11.6 Å². The molecule has 1 aromatic heterocycles. The van der Waals surface area contributed by atoms with E-state index in [0.717, 1.165) is 30.6 Å². The molecule has 0 bridgehead atoms. The molecule has 32 heavy (non-hydrogen) atoms. The molecule has 0 saturated carbocycles. The number of hydrogen-bond donors (Lipinski definition) is 0. The summed E-state index contributed by atoms with van der Waals surface area (Å²) in [6, 6.07) is 9.32. The van der Waals surface area contributed by atoms with Gasteiger partial charge < -0.3 is 14.5 Å². The minimum atomic E-state index is -0.477. The lowest BCUT2D eigenvalue weighted by Crippen LogP contribution is -2.50. The van der Waals surface area contributed by atoms with E-state index in [1.54, 1.807) is 11.1 Å². The maximum atomic E-state index is 13.6. The summed E-state index contributed by atoms with van der Waals surface area (Å²) in [6.45, 7) is 3.99. The fourth-order valence-electron chi connectivity index (χ4n) is 4.67. The van der Waals surface area contributed by atoms with Crippen LogP contribution < -0.4 is 0 Å². The number of carbonyl (C=O) groups is 2. The summed E-state index contributed by atoms with van der Waals surface area (Å²) in [6.07, 6.45) is 4.89. The van der Waals surface area contributed by atoms with Crippen LogP contribution in [0.2, 0.25) is 5.02 Å². The lowest BCUT2D eigenvalue weighted by atomic mass is 9.78. The van der Waals surface area contributed by atoms with Crippen molar-refractivity contribution in [2.24, 2.45) is 5.41 Å². The first-order chi connectivity index (χ1) is 15.4. The molecule has 2 saturated heterocycles. The zero-order chi connectivity index (χ0) is 22.7. The number of hydrogen-bond acceptors (Lipinski definition) is 5. The fraction of sp³-hybridized carbons (Fsp3) is 0.500. The van der Waals surface area contributed by atoms with Gasteiger partial charge in [0, 0.05) is 48.9 Å². The van der Waals surface area contributed by atoms with Crippen molar-refractivity contribution in [3.8, 4) is 11.4 Å². The van der Waals surface area contributed by atoms with Crippen LogP contribution in [0.5, 0.6) is 0 Å². The monoisotopic (exact) mass is 456 g/mol. The number of aromatic nitrogens is 2. The number of ether oxygens (including phenoxy) is 1. The number of rotatable bonds is 5. The summed E-state index contributed by atoms with van der Waals surface area (Å²) in [5, 5.41) is 0.637. The molecule has 8 heteroatoms. The van der Waals surface area contributed by atoms with Gasteiger partial charge in [-0.3, -0.25) is 9.59 Å². The van der Waals surface area contributed by atoms with Crippen molar-refractivity contribution in [2.75, 3.05) is 33.4 Å². The highest BCUT2D eigenvalue weighted by Gasteiger charge is 2.44. The van der Waals surface area contributed by atoms with E-state index >= 15 is 0 Å². The Bertz CT molecular complexity index is 991. The largest absolute Gasteiger partial charge is 0.375 e. The standard InChI is InChI=1S/C24H29ClN4O3/c1-24(9-13-28(14-10-24)21(30)16-32-2)23(31)29-12-4-7-20(29)19-8-11-26-22(27-19)17-5-3-6-18(25)15-17/h3,5-6,8,11,15,20H,4,7,9-10,12-14,16H2,1-2H3. The second kappa shape index (κ2) is 9.55. The van der Waals surface area contributed by atoms with Gasteiger partial charge in [0.15, 0.2) is 5.82 Å². The van der Waals surface area contributed by atoms with Gasteiger partial charge in [-0.1, -0.05) is 30.7 Å². The number of halogens is 1. The number of methoxy groups -OCH3 is 1. The van der Waals surface area contributed by atoms with E-state index in [1.165, 1.54) is 7.11 Å². The Labute approximate surface area is 193 Å². The molecule has 1 aromatic carbocycles. The number of likely N-dealkylation sites (tertiary alicyclic amines) is 2. The van der Waals surface area contributed by atoms with Crippen LogP contribution in [0.4, 0.5) is 0 Å². The topological polar surface area (TPSA) is 75.6 Å². The van der Waals surface area contributed by atoms with Gasteiger partial charge in [0.25, 0.3) is 0 Å². The van der Waals surface area contributed by atoms with E-state index in [1.807, 2.05) is 42.2 Å². The molecule has 3 heterocycles. The molecule has 2 amide bonds. The Morgan fingerprint density at radius 3 is 2.72 bits per heavy atom. The predicted molar refractivity (Wildman–Crippen MR) is 122 cm³/mol. The molecular formula is C24H29ClN4O3. The molecule has 1 unspecified atom stereocenters. The minimum absolute atomic E-state index is 0.0180. The molecule has 0 radical (unpaired) electrons. The van der Waals surface area contributed by atoms with Crippen molar-refractivity contribution in [3.63, 3.8) is 0 Å². The number of nitrogens with zero attached hydrogens (tertiary/aromatic N) is 4. The highest BCUT2D eigenvalue weighted by Crippen LogP contribution is 2.39. The van der Waals surface area contributed by atoms with Crippen LogP contribution in [0.25, 0.3) is 11.4 Å². The van der Waals surface area contributed by atoms with Crippen LogP contribution in [0.1, 0.15) is 44.3 Å². The summed E-state index contributed by atoms with van der Waals surface area (Å²) >= 11 is 6.14. The predicted octanol–water partition coefficient (Wildman–Crippen LogP) is 3.74. The van der Waals surface area contributed by atoms with E-state index in [2.05, 4.69) is 4.98 Å². The Morgan fingerprint density at radius 1 is 1.22 bits per heavy atom. The molecule has 2 aliphatic heterocycles. The van der Waals surface area contributed by atoms with Crippen LogP contribution in [-0.4, -0.2) is 64.9 Å². The normalized spacial score (nSPS) is 20.4. The maximum absolute atomic E-state index is 13.6. The summed E-state index contributed by atoms with van der Waals surface area (Å²) in [5.41, 5.74) is 1.24. The van der Waals surface area contributed by atoms with Gasteiger partial charge in [0.1, 0.15) is 6.61 Å². The highest BCUT2D eigenvalue weighted by molar-refractivity contribution is 6.30. The number of carbonyl (C=O) groups excluding carboxylic acids is 2. The van der Waals surface area contributed by atoms with Crippen molar-refractivity contribution >= 4 is 23.4 Å². The zero-order valence-corrected chi connectivity index (χ0v) is 19.3. The Kier molecular flexibility index (Phi) is 6.76. The van der Waals surface area contributed by atoms with Gasteiger partial charge in [-0.2, -0.15) is 0 Å². The lowest BCUT2D eigenvalue weighted by Gasteiger charge is -2.41. The van der Waals surface area contributed by atoms with E-state index in [-0.39, 0.29) is 24.5 Å². The minimum Gasteiger partial charge on any atom is -0.375 e. The van der Waals surface area contributed by atoms with E-state index in [9.17, 15) is 9.59 Å². The molecule has 1 atom stereocenters. The summed E-state index contributed by atoms with van der Waals surface area (Å²) in [7, 11) is 1.52. The van der Waals surface area contributed by atoms with Crippen LogP contribution in [0.15, 0.2) is 36.5 Å². The second-order valence-electron chi connectivity index (χ2n) is 8.85. The third-order valence-electron chi connectivity index (χ3n) is 6.62.